The molecule has 0 atom stereocenters. The minimum atomic E-state index is 0.212. The summed E-state index contributed by atoms with van der Waals surface area (Å²) in [7, 11) is 0. The molecule has 0 spiro atoms. The van der Waals surface area contributed by atoms with Gasteiger partial charge in [-0.2, -0.15) is 5.26 Å². The fourth-order valence-electron chi connectivity index (χ4n) is 3.08. The van der Waals surface area contributed by atoms with Gasteiger partial charge in [0.25, 0.3) is 0 Å². The predicted molar refractivity (Wildman–Crippen MR) is 118 cm³/mol. The van der Waals surface area contributed by atoms with E-state index in [0.717, 1.165) is 37.4 Å². The third-order valence-corrected chi connectivity index (χ3v) is 5.47. The van der Waals surface area contributed by atoms with Crippen LogP contribution in [0.3, 0.4) is 0 Å². The number of nitrogens with zero attached hydrogens (tertiary/aromatic N) is 4. The van der Waals surface area contributed by atoms with Crippen molar-refractivity contribution in [3.63, 3.8) is 0 Å². The number of H-pyrrole nitrogens is 1. The Kier molecular flexibility index (Phi) is 4.25. The second kappa shape index (κ2) is 7.21. The summed E-state index contributed by atoms with van der Waals surface area (Å²) in [6, 6.07) is 12.2. The van der Waals surface area contributed by atoms with E-state index in [9.17, 15) is 5.26 Å². The number of benzene rings is 1. The number of hydrogen-bond donors (Lipinski definition) is 3. The quantitative estimate of drug-likeness (QED) is 0.378. The molecule has 4 N–H and O–H groups in total. The molecule has 0 bridgehead atoms. The molecular formula is C22H13N7S. The maximum atomic E-state index is 9.59. The molecular weight excluding hydrogens is 394 g/mol. The van der Waals surface area contributed by atoms with Crippen LogP contribution < -0.4 is 11.1 Å². The van der Waals surface area contributed by atoms with Crippen molar-refractivity contribution in [1.82, 2.24) is 19.9 Å². The van der Waals surface area contributed by atoms with Crippen molar-refractivity contribution in [2.75, 3.05) is 11.1 Å². The molecule has 142 valence electrons. The van der Waals surface area contributed by atoms with Crippen LogP contribution in [-0.2, 0) is 0 Å². The molecule has 0 aliphatic carbocycles. The van der Waals surface area contributed by atoms with Crippen molar-refractivity contribution < 1.29 is 0 Å². The number of thiophene rings is 1. The maximum Gasteiger partial charge on any atom is 0.219 e. The standard InChI is InChI=1S/C22H13N7S/c23-9-15-12-26-21-18(8-17(30-21)3-1-13-10-27-22(24)28-11-13)20(15)29-16-2-4-19-14(7-16)5-6-25-19/h2,4-8,10-12,25H,(H,26,29)(H2,24,27,28). The third-order valence-electron chi connectivity index (χ3n) is 4.51. The summed E-state index contributed by atoms with van der Waals surface area (Å²) in [5.41, 5.74) is 9.32. The van der Waals surface area contributed by atoms with Crippen LogP contribution in [0.2, 0.25) is 0 Å². The van der Waals surface area contributed by atoms with Crippen LogP contribution >= 0.6 is 11.3 Å². The molecule has 0 saturated carbocycles. The van der Waals surface area contributed by atoms with E-state index in [1.807, 2.05) is 36.5 Å². The molecule has 0 aliphatic heterocycles. The highest BCUT2D eigenvalue weighted by Crippen LogP contribution is 2.34. The highest BCUT2D eigenvalue weighted by molar-refractivity contribution is 7.19. The van der Waals surface area contributed by atoms with Gasteiger partial charge in [-0.05, 0) is 30.3 Å². The predicted octanol–water partition coefficient (Wildman–Crippen LogP) is 4.16. The van der Waals surface area contributed by atoms with Crippen molar-refractivity contribution in [3.05, 3.63) is 71.1 Å². The summed E-state index contributed by atoms with van der Waals surface area (Å²) >= 11 is 1.46. The molecule has 30 heavy (non-hydrogen) atoms. The first-order chi connectivity index (χ1) is 14.7. The molecule has 4 heterocycles. The fraction of sp³-hybridized carbons (Fsp3) is 0. The van der Waals surface area contributed by atoms with Crippen LogP contribution in [0.5, 0.6) is 0 Å². The average Bonchev–Trinajstić information content (AvgIpc) is 3.40. The summed E-state index contributed by atoms with van der Waals surface area (Å²) in [5.74, 6) is 6.35. The topological polar surface area (TPSA) is 116 Å². The lowest BCUT2D eigenvalue weighted by atomic mass is 10.1. The van der Waals surface area contributed by atoms with E-state index in [1.165, 1.54) is 11.3 Å². The van der Waals surface area contributed by atoms with Gasteiger partial charge in [-0.3, -0.25) is 0 Å². The minimum Gasteiger partial charge on any atom is -0.368 e. The Hall–Kier alpha value is -4.40. The summed E-state index contributed by atoms with van der Waals surface area (Å²) in [4.78, 5) is 17.1. The van der Waals surface area contributed by atoms with Crippen LogP contribution in [0.25, 0.3) is 21.1 Å². The van der Waals surface area contributed by atoms with E-state index in [-0.39, 0.29) is 5.95 Å². The molecule has 0 amide bonds. The monoisotopic (exact) mass is 407 g/mol. The molecule has 0 aliphatic rings. The summed E-state index contributed by atoms with van der Waals surface area (Å²) < 4.78 is 0. The number of nitrogen functional groups attached to an aromatic ring is 1. The van der Waals surface area contributed by atoms with Crippen LogP contribution in [0.1, 0.15) is 16.0 Å². The number of rotatable bonds is 2. The molecule has 0 saturated heterocycles. The van der Waals surface area contributed by atoms with E-state index < -0.39 is 0 Å². The van der Waals surface area contributed by atoms with Crippen LogP contribution in [-0.4, -0.2) is 19.9 Å². The van der Waals surface area contributed by atoms with Crippen LogP contribution in [0, 0.1) is 23.2 Å². The van der Waals surface area contributed by atoms with Gasteiger partial charge >= 0.3 is 0 Å². The first kappa shape index (κ1) is 17.7. The Bertz CT molecular complexity index is 1490. The molecule has 5 rings (SSSR count). The van der Waals surface area contributed by atoms with Gasteiger partial charge in [0, 0.05) is 46.8 Å². The van der Waals surface area contributed by atoms with Crippen LogP contribution in [0.4, 0.5) is 17.3 Å². The number of aromatic nitrogens is 4. The molecule has 1 aromatic carbocycles. The Morgan fingerprint density at radius 2 is 1.90 bits per heavy atom. The van der Waals surface area contributed by atoms with Crippen molar-refractivity contribution in [2.45, 2.75) is 0 Å². The Balaban J connectivity index is 1.55. The number of fused-ring (bicyclic) bond motifs is 2. The number of nitrogens with one attached hydrogen (secondary N) is 2. The highest BCUT2D eigenvalue weighted by Gasteiger charge is 2.12. The average molecular weight is 407 g/mol. The Morgan fingerprint density at radius 3 is 2.73 bits per heavy atom. The summed E-state index contributed by atoms with van der Waals surface area (Å²) in [6.07, 6.45) is 6.65. The Morgan fingerprint density at radius 1 is 1.03 bits per heavy atom. The molecule has 0 fully saturated rings. The molecule has 7 nitrogen and oxygen atoms in total. The van der Waals surface area contributed by atoms with E-state index in [4.69, 9.17) is 5.73 Å². The van der Waals surface area contributed by atoms with Gasteiger partial charge in [0.15, 0.2) is 0 Å². The molecule has 4 aromatic heterocycles. The normalized spacial score (nSPS) is 10.5. The number of pyridine rings is 1. The number of nitrogens with two attached hydrogens (primary N) is 1. The molecule has 8 heteroatoms. The smallest absolute Gasteiger partial charge is 0.219 e. The Labute approximate surface area is 175 Å². The van der Waals surface area contributed by atoms with Gasteiger partial charge < -0.3 is 16.0 Å². The van der Waals surface area contributed by atoms with E-state index in [0.29, 0.717) is 11.1 Å². The maximum absolute atomic E-state index is 9.59. The van der Waals surface area contributed by atoms with Gasteiger partial charge in [0.1, 0.15) is 10.9 Å². The molecule has 5 aromatic rings. The number of hydrogen-bond acceptors (Lipinski definition) is 7. The number of nitriles is 1. The highest BCUT2D eigenvalue weighted by atomic mass is 32.1. The zero-order valence-corrected chi connectivity index (χ0v) is 16.3. The second-order valence-electron chi connectivity index (χ2n) is 6.47. The number of aromatic amines is 1. The molecule has 0 radical (unpaired) electrons. The third kappa shape index (κ3) is 3.28. The van der Waals surface area contributed by atoms with Gasteiger partial charge in [0.05, 0.1) is 21.7 Å². The minimum absolute atomic E-state index is 0.212. The lowest BCUT2D eigenvalue weighted by Crippen LogP contribution is -1.95. The molecule has 0 unspecified atom stereocenters. The zero-order valence-electron chi connectivity index (χ0n) is 15.5. The van der Waals surface area contributed by atoms with Crippen molar-refractivity contribution in [1.29, 1.82) is 5.26 Å². The van der Waals surface area contributed by atoms with E-state index in [1.54, 1.807) is 18.6 Å². The zero-order chi connectivity index (χ0) is 20.5. The van der Waals surface area contributed by atoms with Crippen LogP contribution in [0.15, 0.2) is 55.1 Å². The SMILES string of the molecule is N#Cc1cnc2sc(C#Cc3cnc(N)nc3)cc2c1Nc1ccc2[nH]ccc2c1. The van der Waals surface area contributed by atoms with Crippen molar-refractivity contribution >= 4 is 49.8 Å². The van der Waals surface area contributed by atoms with E-state index in [2.05, 4.69) is 43.2 Å². The summed E-state index contributed by atoms with van der Waals surface area (Å²) in [5, 5.41) is 14.9. The van der Waals surface area contributed by atoms with Gasteiger partial charge in [-0.1, -0.05) is 11.8 Å². The summed E-state index contributed by atoms with van der Waals surface area (Å²) in [6.45, 7) is 0. The van der Waals surface area contributed by atoms with Crippen molar-refractivity contribution in [3.8, 4) is 17.9 Å². The largest absolute Gasteiger partial charge is 0.368 e. The van der Waals surface area contributed by atoms with E-state index >= 15 is 0 Å². The lowest BCUT2D eigenvalue weighted by Gasteiger charge is -2.09. The lowest BCUT2D eigenvalue weighted by molar-refractivity contribution is 1.17. The van der Waals surface area contributed by atoms with Gasteiger partial charge in [-0.15, -0.1) is 11.3 Å². The second-order valence-corrected chi connectivity index (χ2v) is 7.50. The first-order valence-electron chi connectivity index (χ1n) is 8.96. The first-order valence-corrected chi connectivity index (χ1v) is 9.77. The van der Waals surface area contributed by atoms with Gasteiger partial charge in [-0.25, -0.2) is 15.0 Å². The van der Waals surface area contributed by atoms with Gasteiger partial charge in [0.2, 0.25) is 5.95 Å². The number of anilines is 3. The van der Waals surface area contributed by atoms with Crippen molar-refractivity contribution in [2.24, 2.45) is 0 Å². The fourth-order valence-corrected chi connectivity index (χ4v) is 3.95.